The van der Waals surface area contributed by atoms with Gasteiger partial charge in [-0.3, -0.25) is 0 Å². The number of aryl methyl sites for hydroxylation is 3. The molecule has 1 heteroatoms. The van der Waals surface area contributed by atoms with Crippen molar-refractivity contribution < 1.29 is 5.11 Å². The summed E-state index contributed by atoms with van der Waals surface area (Å²) in [6.07, 6.45) is 8.41. The summed E-state index contributed by atoms with van der Waals surface area (Å²) >= 11 is 0. The van der Waals surface area contributed by atoms with E-state index < -0.39 is 0 Å². The molecule has 0 heterocycles. The van der Waals surface area contributed by atoms with Crippen LogP contribution in [0.15, 0.2) is 12.1 Å². The van der Waals surface area contributed by atoms with Crippen molar-refractivity contribution in [1.82, 2.24) is 0 Å². The summed E-state index contributed by atoms with van der Waals surface area (Å²) in [5.41, 5.74) is 5.33. The Kier molecular flexibility index (Phi) is 5.04. The third kappa shape index (κ3) is 4.07. The minimum atomic E-state index is -0.166. The highest BCUT2D eigenvalue weighted by molar-refractivity contribution is 5.37. The first-order chi connectivity index (χ1) is 9.06. The van der Waals surface area contributed by atoms with Gasteiger partial charge in [0.25, 0.3) is 0 Å². The smallest absolute Gasteiger partial charge is 0.0580 e. The van der Waals surface area contributed by atoms with Crippen molar-refractivity contribution >= 4 is 0 Å². The zero-order chi connectivity index (χ0) is 13.8. The molecule has 1 atom stereocenters. The van der Waals surface area contributed by atoms with Gasteiger partial charge in [-0.1, -0.05) is 43.4 Å². The predicted molar refractivity (Wildman–Crippen MR) is 81.6 cm³/mol. The Hall–Kier alpha value is -0.820. The highest BCUT2D eigenvalue weighted by atomic mass is 16.3. The first-order valence-corrected chi connectivity index (χ1v) is 7.81. The molecule has 1 aliphatic rings. The Morgan fingerprint density at radius 3 is 2.26 bits per heavy atom. The average molecular weight is 260 g/mol. The van der Waals surface area contributed by atoms with Gasteiger partial charge < -0.3 is 5.11 Å². The maximum Gasteiger partial charge on any atom is 0.0580 e. The summed E-state index contributed by atoms with van der Waals surface area (Å²) < 4.78 is 0. The predicted octanol–water partition coefficient (Wildman–Crippen LogP) is 4.49. The molecule has 1 saturated carbocycles. The van der Waals surface area contributed by atoms with Crippen LogP contribution in [0.1, 0.15) is 60.8 Å². The van der Waals surface area contributed by atoms with E-state index in [0.717, 1.165) is 18.8 Å². The summed E-state index contributed by atoms with van der Waals surface area (Å²) in [7, 11) is 0. The maximum absolute atomic E-state index is 10.3. The molecule has 0 aliphatic heterocycles. The molecular weight excluding hydrogens is 232 g/mol. The zero-order valence-corrected chi connectivity index (χ0v) is 12.7. The van der Waals surface area contributed by atoms with Crippen LogP contribution in [0.25, 0.3) is 0 Å². The number of rotatable bonds is 5. The Balaban J connectivity index is 1.89. The van der Waals surface area contributed by atoms with Crippen LogP contribution in [0.2, 0.25) is 0 Å². The quantitative estimate of drug-likeness (QED) is 0.827. The van der Waals surface area contributed by atoms with Crippen molar-refractivity contribution in [1.29, 1.82) is 0 Å². The fraction of sp³-hybridized carbons (Fsp3) is 0.667. The van der Waals surface area contributed by atoms with Crippen LogP contribution in [-0.4, -0.2) is 11.2 Å². The van der Waals surface area contributed by atoms with Crippen LogP contribution in [0.3, 0.4) is 0 Å². The molecule has 0 aromatic heterocycles. The van der Waals surface area contributed by atoms with E-state index in [2.05, 4.69) is 32.9 Å². The van der Waals surface area contributed by atoms with E-state index in [1.165, 1.54) is 54.4 Å². The van der Waals surface area contributed by atoms with Gasteiger partial charge >= 0.3 is 0 Å². The molecule has 19 heavy (non-hydrogen) atoms. The Bertz CT molecular complexity index is 393. The molecule has 1 aromatic rings. The summed E-state index contributed by atoms with van der Waals surface area (Å²) in [5.74, 6) is 0.884. The van der Waals surface area contributed by atoms with E-state index in [9.17, 15) is 5.11 Å². The molecule has 0 spiro atoms. The van der Waals surface area contributed by atoms with Gasteiger partial charge in [0.1, 0.15) is 0 Å². The van der Waals surface area contributed by atoms with E-state index in [-0.39, 0.29) is 6.10 Å². The Morgan fingerprint density at radius 1 is 1.11 bits per heavy atom. The number of aliphatic hydroxyl groups is 1. The minimum Gasteiger partial charge on any atom is -0.393 e. The fourth-order valence-electron chi connectivity index (χ4n) is 3.60. The van der Waals surface area contributed by atoms with Crippen LogP contribution in [0.5, 0.6) is 0 Å². The normalized spacial score (nSPS) is 17.9. The first kappa shape index (κ1) is 14.6. The second kappa shape index (κ2) is 6.56. The van der Waals surface area contributed by atoms with Gasteiger partial charge in [0.2, 0.25) is 0 Å². The maximum atomic E-state index is 10.3. The molecule has 1 N–H and O–H groups in total. The molecule has 1 unspecified atom stereocenters. The molecule has 0 saturated heterocycles. The lowest BCUT2D eigenvalue weighted by Gasteiger charge is -2.17. The average Bonchev–Trinajstić information content (AvgIpc) is 2.84. The van der Waals surface area contributed by atoms with Crippen molar-refractivity contribution in [3.8, 4) is 0 Å². The van der Waals surface area contributed by atoms with Crippen molar-refractivity contribution in [3.05, 3.63) is 34.4 Å². The fourth-order valence-corrected chi connectivity index (χ4v) is 3.60. The molecule has 106 valence electrons. The molecule has 0 radical (unpaired) electrons. The lowest BCUT2D eigenvalue weighted by molar-refractivity contribution is 0.154. The van der Waals surface area contributed by atoms with E-state index >= 15 is 0 Å². The molecule has 0 amide bonds. The van der Waals surface area contributed by atoms with Crippen molar-refractivity contribution in [3.63, 3.8) is 0 Å². The Labute approximate surface area is 118 Å². The number of hydrogen-bond donors (Lipinski definition) is 1. The first-order valence-electron chi connectivity index (χ1n) is 7.81. The zero-order valence-electron chi connectivity index (χ0n) is 12.7. The van der Waals surface area contributed by atoms with E-state index in [1.807, 2.05) is 0 Å². The van der Waals surface area contributed by atoms with Gasteiger partial charge in [-0.2, -0.15) is 0 Å². The summed E-state index contributed by atoms with van der Waals surface area (Å²) in [5, 5.41) is 10.3. The van der Waals surface area contributed by atoms with E-state index in [1.54, 1.807) is 0 Å². The van der Waals surface area contributed by atoms with Crippen LogP contribution >= 0.6 is 0 Å². The molecule has 1 fully saturated rings. The second-order valence-electron chi connectivity index (χ2n) is 6.46. The van der Waals surface area contributed by atoms with Gasteiger partial charge in [0, 0.05) is 0 Å². The third-order valence-corrected chi connectivity index (χ3v) is 4.66. The summed E-state index contributed by atoms with van der Waals surface area (Å²) in [6.45, 7) is 6.47. The van der Waals surface area contributed by atoms with Gasteiger partial charge in [-0.25, -0.2) is 0 Å². The van der Waals surface area contributed by atoms with Gasteiger partial charge in [0.05, 0.1) is 6.10 Å². The molecule has 1 aliphatic carbocycles. The van der Waals surface area contributed by atoms with Crippen LogP contribution < -0.4 is 0 Å². The largest absolute Gasteiger partial charge is 0.393 e. The summed E-state index contributed by atoms with van der Waals surface area (Å²) in [6, 6.07) is 4.46. The molecule has 2 rings (SSSR count). The number of benzene rings is 1. The van der Waals surface area contributed by atoms with Crippen LogP contribution in [0.4, 0.5) is 0 Å². The number of hydrogen-bond acceptors (Lipinski definition) is 1. The lowest BCUT2D eigenvalue weighted by atomic mass is 9.92. The van der Waals surface area contributed by atoms with Gasteiger partial charge in [-0.15, -0.1) is 0 Å². The highest BCUT2D eigenvalue weighted by Gasteiger charge is 2.17. The SMILES string of the molecule is Cc1cc(C)c(CC(O)CCC2CCCC2)c(C)c1. The molecule has 0 bridgehead atoms. The van der Waals surface area contributed by atoms with Gasteiger partial charge in [-0.05, 0) is 62.6 Å². The molecule has 1 aromatic carbocycles. The van der Waals surface area contributed by atoms with Crippen molar-refractivity contribution in [2.45, 2.75) is 71.8 Å². The minimum absolute atomic E-state index is 0.166. The molecule has 1 nitrogen and oxygen atoms in total. The third-order valence-electron chi connectivity index (χ3n) is 4.66. The van der Waals surface area contributed by atoms with Crippen LogP contribution in [0, 0.1) is 26.7 Å². The topological polar surface area (TPSA) is 20.2 Å². The van der Waals surface area contributed by atoms with Crippen LogP contribution in [-0.2, 0) is 6.42 Å². The highest BCUT2D eigenvalue weighted by Crippen LogP contribution is 2.29. The second-order valence-corrected chi connectivity index (χ2v) is 6.46. The van der Waals surface area contributed by atoms with E-state index in [0.29, 0.717) is 0 Å². The van der Waals surface area contributed by atoms with E-state index in [4.69, 9.17) is 0 Å². The summed E-state index contributed by atoms with van der Waals surface area (Å²) in [4.78, 5) is 0. The molecular formula is C18H28O. The van der Waals surface area contributed by atoms with Crippen molar-refractivity contribution in [2.24, 2.45) is 5.92 Å². The van der Waals surface area contributed by atoms with Crippen molar-refractivity contribution in [2.75, 3.05) is 0 Å². The Morgan fingerprint density at radius 2 is 1.68 bits per heavy atom. The monoisotopic (exact) mass is 260 g/mol. The number of aliphatic hydroxyl groups excluding tert-OH is 1. The van der Waals surface area contributed by atoms with Gasteiger partial charge in [0.15, 0.2) is 0 Å². The lowest BCUT2D eigenvalue weighted by Crippen LogP contribution is -2.14. The standard InChI is InChI=1S/C18H28O/c1-13-10-14(2)18(15(3)11-13)12-17(19)9-8-16-6-4-5-7-16/h10-11,16-17,19H,4-9,12H2,1-3H3.